The van der Waals surface area contributed by atoms with Crippen molar-refractivity contribution in [3.63, 3.8) is 0 Å². The first-order valence-corrected chi connectivity index (χ1v) is 7.87. The fourth-order valence-electron chi connectivity index (χ4n) is 2.75. The molecule has 2 saturated heterocycles. The van der Waals surface area contributed by atoms with E-state index in [-0.39, 0.29) is 12.0 Å². The van der Waals surface area contributed by atoms with E-state index < -0.39 is 0 Å². The van der Waals surface area contributed by atoms with Crippen LogP contribution in [0.4, 0.5) is 5.82 Å². The molecule has 0 saturated carbocycles. The molecule has 2 fully saturated rings. The third-order valence-corrected chi connectivity index (χ3v) is 4.37. The molecular formula is C14H17Cl2N3O2. The van der Waals surface area contributed by atoms with Gasteiger partial charge in [0.25, 0.3) is 5.91 Å². The summed E-state index contributed by atoms with van der Waals surface area (Å²) in [6, 6.07) is 1.69. The van der Waals surface area contributed by atoms with E-state index in [1.165, 1.54) is 0 Å². The summed E-state index contributed by atoms with van der Waals surface area (Å²) in [7, 11) is 0. The molecule has 1 aromatic rings. The Labute approximate surface area is 133 Å². The zero-order valence-corrected chi connectivity index (χ0v) is 13.1. The number of hydrogen-bond donors (Lipinski definition) is 0. The molecule has 1 amide bonds. The van der Waals surface area contributed by atoms with Gasteiger partial charge in [-0.15, -0.1) is 0 Å². The predicted molar refractivity (Wildman–Crippen MR) is 82.0 cm³/mol. The highest BCUT2D eigenvalue weighted by atomic mass is 35.5. The molecule has 0 aliphatic carbocycles. The third kappa shape index (κ3) is 3.25. The Balaban J connectivity index is 1.60. The lowest BCUT2D eigenvalue weighted by Gasteiger charge is -2.36. The molecule has 0 N–H and O–H groups in total. The standard InChI is InChI=1S/C14H17Cl2N3O2/c15-10-8-11(16)13(17-9-10)18-3-5-19(6-4-18)14(20)12-2-1-7-21-12/h8-9,12H,1-7H2. The number of anilines is 1. The van der Waals surface area contributed by atoms with Crippen LogP contribution in [0.1, 0.15) is 12.8 Å². The largest absolute Gasteiger partial charge is 0.368 e. The second kappa shape index (κ2) is 6.38. The lowest BCUT2D eigenvalue weighted by molar-refractivity contribution is -0.141. The Morgan fingerprint density at radius 2 is 2.05 bits per heavy atom. The van der Waals surface area contributed by atoms with Gasteiger partial charge < -0.3 is 14.5 Å². The van der Waals surface area contributed by atoms with Crippen molar-refractivity contribution in [1.29, 1.82) is 0 Å². The van der Waals surface area contributed by atoms with Gasteiger partial charge in [0.2, 0.25) is 0 Å². The Hall–Kier alpha value is -1.04. The number of carbonyl (C=O) groups is 1. The van der Waals surface area contributed by atoms with Crippen LogP contribution in [0.5, 0.6) is 0 Å². The van der Waals surface area contributed by atoms with Gasteiger partial charge in [-0.05, 0) is 18.9 Å². The van der Waals surface area contributed by atoms with E-state index in [1.54, 1.807) is 12.3 Å². The van der Waals surface area contributed by atoms with Crippen LogP contribution in [0.25, 0.3) is 0 Å². The maximum atomic E-state index is 12.3. The summed E-state index contributed by atoms with van der Waals surface area (Å²) in [4.78, 5) is 20.5. The molecule has 0 spiro atoms. The average Bonchev–Trinajstić information content (AvgIpc) is 3.01. The van der Waals surface area contributed by atoms with Crippen LogP contribution in [-0.2, 0) is 9.53 Å². The first kappa shape index (κ1) is 14.9. The number of ether oxygens (including phenoxy) is 1. The molecule has 1 aromatic heterocycles. The number of carbonyl (C=O) groups excluding carboxylic acids is 1. The zero-order chi connectivity index (χ0) is 14.8. The molecule has 5 nitrogen and oxygen atoms in total. The van der Waals surface area contributed by atoms with Gasteiger partial charge in [0.1, 0.15) is 11.9 Å². The van der Waals surface area contributed by atoms with Crippen molar-refractivity contribution in [3.8, 4) is 0 Å². The summed E-state index contributed by atoms with van der Waals surface area (Å²) in [5, 5.41) is 1.07. The van der Waals surface area contributed by atoms with Crippen LogP contribution in [0.15, 0.2) is 12.3 Å². The minimum atomic E-state index is -0.242. The van der Waals surface area contributed by atoms with E-state index in [4.69, 9.17) is 27.9 Å². The Morgan fingerprint density at radius 3 is 2.67 bits per heavy atom. The topological polar surface area (TPSA) is 45.7 Å². The van der Waals surface area contributed by atoms with Gasteiger partial charge in [-0.25, -0.2) is 4.98 Å². The monoisotopic (exact) mass is 329 g/mol. The number of pyridine rings is 1. The van der Waals surface area contributed by atoms with Crippen LogP contribution in [-0.4, -0.2) is 54.7 Å². The lowest BCUT2D eigenvalue weighted by atomic mass is 10.2. The smallest absolute Gasteiger partial charge is 0.251 e. The Morgan fingerprint density at radius 1 is 1.29 bits per heavy atom. The van der Waals surface area contributed by atoms with Crippen molar-refractivity contribution >= 4 is 34.9 Å². The summed E-state index contributed by atoms with van der Waals surface area (Å²) in [6.45, 7) is 3.46. The van der Waals surface area contributed by atoms with Gasteiger partial charge in [-0.3, -0.25) is 4.79 Å². The van der Waals surface area contributed by atoms with E-state index in [0.29, 0.717) is 42.8 Å². The summed E-state index contributed by atoms with van der Waals surface area (Å²) >= 11 is 12.0. The molecule has 2 aliphatic rings. The van der Waals surface area contributed by atoms with Crippen molar-refractivity contribution in [2.45, 2.75) is 18.9 Å². The lowest BCUT2D eigenvalue weighted by Crippen LogP contribution is -2.51. The van der Waals surface area contributed by atoms with Crippen LogP contribution >= 0.6 is 23.2 Å². The van der Waals surface area contributed by atoms with Gasteiger partial charge in [-0.1, -0.05) is 23.2 Å². The number of hydrogen-bond acceptors (Lipinski definition) is 4. The van der Waals surface area contributed by atoms with Crippen molar-refractivity contribution in [2.75, 3.05) is 37.7 Å². The molecule has 0 aromatic carbocycles. The highest BCUT2D eigenvalue weighted by Crippen LogP contribution is 2.27. The first-order chi connectivity index (χ1) is 10.1. The van der Waals surface area contributed by atoms with E-state index in [1.807, 2.05) is 4.90 Å². The van der Waals surface area contributed by atoms with Gasteiger partial charge in [0.15, 0.2) is 0 Å². The number of piperazine rings is 1. The van der Waals surface area contributed by atoms with Crippen molar-refractivity contribution < 1.29 is 9.53 Å². The minimum Gasteiger partial charge on any atom is -0.368 e. The minimum absolute atomic E-state index is 0.113. The molecule has 0 radical (unpaired) electrons. The number of amides is 1. The first-order valence-electron chi connectivity index (χ1n) is 7.11. The predicted octanol–water partition coefficient (Wildman–Crippen LogP) is 2.22. The van der Waals surface area contributed by atoms with Gasteiger partial charge in [0.05, 0.1) is 10.0 Å². The van der Waals surface area contributed by atoms with E-state index in [2.05, 4.69) is 9.88 Å². The van der Waals surface area contributed by atoms with Crippen LogP contribution < -0.4 is 4.90 Å². The van der Waals surface area contributed by atoms with E-state index in [0.717, 1.165) is 18.7 Å². The van der Waals surface area contributed by atoms with Gasteiger partial charge in [-0.2, -0.15) is 0 Å². The fraction of sp³-hybridized carbons (Fsp3) is 0.571. The van der Waals surface area contributed by atoms with E-state index >= 15 is 0 Å². The zero-order valence-electron chi connectivity index (χ0n) is 11.6. The molecule has 0 bridgehead atoms. The molecule has 3 rings (SSSR count). The fourth-order valence-corrected chi connectivity index (χ4v) is 3.25. The highest BCUT2D eigenvalue weighted by molar-refractivity contribution is 6.36. The second-order valence-corrected chi connectivity index (χ2v) is 6.12. The molecule has 1 atom stereocenters. The maximum Gasteiger partial charge on any atom is 0.251 e. The SMILES string of the molecule is O=C(C1CCCO1)N1CCN(c2ncc(Cl)cc2Cl)CC1. The molecule has 21 heavy (non-hydrogen) atoms. The summed E-state index contributed by atoms with van der Waals surface area (Å²) in [6.07, 6.45) is 3.16. The van der Waals surface area contributed by atoms with E-state index in [9.17, 15) is 4.79 Å². The molecule has 3 heterocycles. The summed E-state index contributed by atoms with van der Waals surface area (Å²) < 4.78 is 5.46. The number of nitrogens with zero attached hydrogens (tertiary/aromatic N) is 3. The number of rotatable bonds is 2. The third-order valence-electron chi connectivity index (χ3n) is 3.88. The van der Waals surface area contributed by atoms with Gasteiger partial charge in [0, 0.05) is 39.0 Å². The van der Waals surface area contributed by atoms with Gasteiger partial charge >= 0.3 is 0 Å². The maximum absolute atomic E-state index is 12.3. The quantitative estimate of drug-likeness (QED) is 0.834. The normalized spacial score (nSPS) is 22.7. The molecule has 2 aliphatic heterocycles. The Bertz CT molecular complexity index is 527. The second-order valence-electron chi connectivity index (χ2n) is 5.27. The molecule has 114 valence electrons. The molecule has 7 heteroatoms. The number of aromatic nitrogens is 1. The summed E-state index contributed by atoms with van der Waals surface area (Å²) in [5.41, 5.74) is 0. The Kier molecular flexibility index (Phi) is 4.52. The van der Waals surface area contributed by atoms with Crippen molar-refractivity contribution in [3.05, 3.63) is 22.3 Å². The van der Waals surface area contributed by atoms with Crippen LogP contribution in [0, 0.1) is 0 Å². The summed E-state index contributed by atoms with van der Waals surface area (Å²) in [5.74, 6) is 0.840. The number of halogens is 2. The van der Waals surface area contributed by atoms with Crippen LogP contribution in [0.3, 0.4) is 0 Å². The van der Waals surface area contributed by atoms with Crippen molar-refractivity contribution in [1.82, 2.24) is 9.88 Å². The van der Waals surface area contributed by atoms with Crippen molar-refractivity contribution in [2.24, 2.45) is 0 Å². The molecule has 1 unspecified atom stereocenters. The van der Waals surface area contributed by atoms with Crippen LogP contribution in [0.2, 0.25) is 10.0 Å². The highest BCUT2D eigenvalue weighted by Gasteiger charge is 2.30. The average molecular weight is 330 g/mol. The molecular weight excluding hydrogens is 313 g/mol.